The minimum Gasteiger partial charge on any atom is -0.465 e. The summed E-state index contributed by atoms with van der Waals surface area (Å²) in [6.45, 7) is 10.7. The van der Waals surface area contributed by atoms with E-state index in [4.69, 9.17) is 4.74 Å². The Morgan fingerprint density at radius 1 is 1.35 bits per heavy atom. The molecule has 0 spiro atoms. The van der Waals surface area contributed by atoms with Gasteiger partial charge in [0.1, 0.15) is 5.82 Å². The molecule has 0 unspecified atom stereocenters. The number of anilines is 1. The minimum absolute atomic E-state index is 0.275. The number of allylic oxidation sites excluding steroid dienone is 2. The van der Waals surface area contributed by atoms with E-state index in [9.17, 15) is 9.59 Å². The minimum atomic E-state index is -0.525. The normalized spacial score (nSPS) is 14.1. The number of hydrazone groups is 1. The Labute approximate surface area is 153 Å². The predicted octanol–water partition coefficient (Wildman–Crippen LogP) is 3.55. The smallest absolute Gasteiger partial charge is 0.339 e. The summed E-state index contributed by atoms with van der Waals surface area (Å²) in [4.78, 5) is 27.7. The van der Waals surface area contributed by atoms with E-state index in [1.54, 1.807) is 41.6 Å². The lowest BCUT2D eigenvalue weighted by atomic mass is 10.0. The molecule has 1 aromatic carbocycles. The topological polar surface area (TPSA) is 83.4 Å². The summed E-state index contributed by atoms with van der Waals surface area (Å²) in [5.74, 6) is -0.183. The van der Waals surface area contributed by atoms with Gasteiger partial charge < -0.3 is 10.1 Å². The van der Waals surface area contributed by atoms with Crippen LogP contribution in [0.3, 0.4) is 0 Å². The van der Waals surface area contributed by atoms with Gasteiger partial charge in [0, 0.05) is 25.4 Å². The van der Waals surface area contributed by atoms with Gasteiger partial charge in [0.2, 0.25) is 5.91 Å². The molecule has 0 saturated heterocycles. The van der Waals surface area contributed by atoms with Crippen molar-refractivity contribution in [1.29, 1.82) is 0 Å². The molecule has 7 nitrogen and oxygen atoms in total. The van der Waals surface area contributed by atoms with Crippen molar-refractivity contribution in [3.8, 4) is 0 Å². The number of aliphatic imine (C=N–C) groups is 1. The van der Waals surface area contributed by atoms with Gasteiger partial charge in [0.15, 0.2) is 0 Å². The molecule has 0 aliphatic carbocycles. The maximum Gasteiger partial charge on any atom is 0.339 e. The van der Waals surface area contributed by atoms with Crippen molar-refractivity contribution in [3.63, 3.8) is 0 Å². The van der Waals surface area contributed by atoms with Gasteiger partial charge in [-0.2, -0.15) is 5.10 Å². The van der Waals surface area contributed by atoms with E-state index in [1.165, 1.54) is 14.0 Å². The van der Waals surface area contributed by atoms with Crippen LogP contribution in [0.2, 0.25) is 0 Å². The van der Waals surface area contributed by atoms with Gasteiger partial charge in [-0.3, -0.25) is 4.79 Å². The average Bonchev–Trinajstić information content (AvgIpc) is 2.67. The van der Waals surface area contributed by atoms with Gasteiger partial charge in [-0.25, -0.2) is 14.8 Å². The van der Waals surface area contributed by atoms with E-state index in [0.29, 0.717) is 17.2 Å². The van der Waals surface area contributed by atoms with Crippen LogP contribution < -0.4 is 5.32 Å². The van der Waals surface area contributed by atoms with Gasteiger partial charge in [-0.1, -0.05) is 19.9 Å². The Morgan fingerprint density at radius 3 is 2.58 bits per heavy atom. The highest BCUT2D eigenvalue weighted by atomic mass is 16.5. The SMILES string of the molecule is C=NN1C=CC(c2ccc(C(=O)OC)c(NC(C)=O)c2)=N/C1=C/C.CC. The number of benzene rings is 1. The Kier molecular flexibility index (Phi) is 7.95. The zero-order chi connectivity index (χ0) is 19.7. The summed E-state index contributed by atoms with van der Waals surface area (Å²) in [6.07, 6.45) is 5.30. The summed E-state index contributed by atoms with van der Waals surface area (Å²) in [6, 6.07) is 5.02. The molecule has 1 aliphatic rings. The van der Waals surface area contributed by atoms with Gasteiger partial charge in [0.25, 0.3) is 0 Å². The Hall–Kier alpha value is -3.22. The fraction of sp³-hybridized carbons (Fsp3) is 0.263. The molecule has 0 bridgehead atoms. The molecule has 1 heterocycles. The molecule has 1 aliphatic heterocycles. The van der Waals surface area contributed by atoms with Crippen LogP contribution in [0.15, 0.2) is 52.5 Å². The van der Waals surface area contributed by atoms with Crippen molar-refractivity contribution < 1.29 is 14.3 Å². The quantitative estimate of drug-likeness (QED) is 0.660. The van der Waals surface area contributed by atoms with E-state index in [-0.39, 0.29) is 11.5 Å². The Balaban J connectivity index is 0.00000163. The first-order valence-corrected chi connectivity index (χ1v) is 8.19. The largest absolute Gasteiger partial charge is 0.465 e. The number of ether oxygens (including phenoxy) is 1. The molecule has 0 fully saturated rings. The zero-order valence-electron chi connectivity index (χ0n) is 15.7. The predicted molar refractivity (Wildman–Crippen MR) is 104 cm³/mol. The number of hydrogen-bond acceptors (Lipinski definition) is 6. The van der Waals surface area contributed by atoms with Gasteiger partial charge in [0.05, 0.1) is 24.1 Å². The number of rotatable bonds is 4. The lowest BCUT2D eigenvalue weighted by Crippen LogP contribution is -2.16. The van der Waals surface area contributed by atoms with Crippen LogP contribution in [-0.4, -0.2) is 36.4 Å². The number of esters is 1. The monoisotopic (exact) mass is 356 g/mol. The first-order chi connectivity index (χ1) is 12.5. The molecular weight excluding hydrogens is 332 g/mol. The molecule has 0 aromatic heterocycles. The Bertz CT molecular complexity index is 779. The van der Waals surface area contributed by atoms with Crippen molar-refractivity contribution in [2.45, 2.75) is 27.7 Å². The van der Waals surface area contributed by atoms with E-state index in [1.807, 2.05) is 20.8 Å². The summed E-state index contributed by atoms with van der Waals surface area (Å²) in [5, 5.41) is 8.02. The van der Waals surface area contributed by atoms with Crippen LogP contribution in [0.4, 0.5) is 5.69 Å². The highest BCUT2D eigenvalue weighted by Crippen LogP contribution is 2.22. The van der Waals surface area contributed by atoms with Crippen LogP contribution in [0.1, 0.15) is 43.6 Å². The molecule has 0 radical (unpaired) electrons. The third-order valence-electron chi connectivity index (χ3n) is 3.29. The second kappa shape index (κ2) is 9.93. The van der Waals surface area contributed by atoms with E-state index in [2.05, 4.69) is 22.1 Å². The van der Waals surface area contributed by atoms with E-state index < -0.39 is 5.97 Å². The molecule has 26 heavy (non-hydrogen) atoms. The van der Waals surface area contributed by atoms with Crippen LogP contribution in [0.5, 0.6) is 0 Å². The third-order valence-corrected chi connectivity index (χ3v) is 3.29. The first-order valence-electron chi connectivity index (χ1n) is 8.19. The van der Waals surface area contributed by atoms with Crippen molar-refractivity contribution in [2.24, 2.45) is 10.1 Å². The van der Waals surface area contributed by atoms with Crippen LogP contribution in [0.25, 0.3) is 0 Å². The van der Waals surface area contributed by atoms with Crippen molar-refractivity contribution in [2.75, 3.05) is 12.4 Å². The summed E-state index contributed by atoms with van der Waals surface area (Å²) >= 11 is 0. The maximum atomic E-state index is 11.8. The summed E-state index contributed by atoms with van der Waals surface area (Å²) < 4.78 is 4.74. The fourth-order valence-corrected chi connectivity index (χ4v) is 2.19. The molecule has 1 N–H and O–H groups in total. The molecular formula is C19H24N4O3. The molecule has 1 amide bonds. The van der Waals surface area contributed by atoms with Crippen LogP contribution in [-0.2, 0) is 9.53 Å². The number of nitrogens with one attached hydrogen (secondary N) is 1. The number of carbonyl (C=O) groups excluding carboxylic acids is 2. The second-order valence-corrected chi connectivity index (χ2v) is 4.88. The summed E-state index contributed by atoms with van der Waals surface area (Å²) in [5.41, 5.74) is 2.06. The summed E-state index contributed by atoms with van der Waals surface area (Å²) in [7, 11) is 1.29. The van der Waals surface area contributed by atoms with Crippen molar-refractivity contribution in [3.05, 3.63) is 53.5 Å². The second-order valence-electron chi connectivity index (χ2n) is 4.88. The van der Waals surface area contributed by atoms with E-state index >= 15 is 0 Å². The van der Waals surface area contributed by atoms with Crippen molar-refractivity contribution in [1.82, 2.24) is 5.01 Å². The number of amides is 1. The molecule has 2 rings (SSSR count). The van der Waals surface area contributed by atoms with Crippen LogP contribution in [0, 0.1) is 0 Å². The number of carbonyl (C=O) groups is 2. The lowest BCUT2D eigenvalue weighted by molar-refractivity contribution is -0.114. The maximum absolute atomic E-state index is 11.8. The van der Waals surface area contributed by atoms with Gasteiger partial charge in [-0.15, -0.1) is 0 Å². The van der Waals surface area contributed by atoms with Gasteiger partial charge >= 0.3 is 5.97 Å². The molecule has 138 valence electrons. The molecule has 1 aromatic rings. The zero-order valence-corrected chi connectivity index (χ0v) is 15.7. The Morgan fingerprint density at radius 2 is 2.04 bits per heavy atom. The number of methoxy groups -OCH3 is 1. The number of hydrogen-bond donors (Lipinski definition) is 1. The molecule has 7 heteroatoms. The van der Waals surface area contributed by atoms with Gasteiger partial charge in [-0.05, 0) is 31.2 Å². The average molecular weight is 356 g/mol. The highest BCUT2D eigenvalue weighted by molar-refractivity contribution is 6.11. The van der Waals surface area contributed by atoms with Crippen molar-refractivity contribution >= 4 is 30.0 Å². The number of nitrogens with zero attached hydrogens (tertiary/aromatic N) is 3. The molecule has 0 atom stereocenters. The lowest BCUT2D eigenvalue weighted by Gasteiger charge is -2.19. The molecule has 0 saturated carbocycles. The standard InChI is InChI=1S/C17H18N4O3.C2H6/c1-5-16-20-14(8-9-21(16)18-3)12-6-7-13(17(23)24-4)15(10-12)19-11(2)22;1-2/h5-10H,3H2,1-2,4H3,(H,19,22);1-2H3/b16-5-;. The highest BCUT2D eigenvalue weighted by Gasteiger charge is 2.17. The first kappa shape index (κ1) is 20.8. The third kappa shape index (κ3) is 4.89. The fourth-order valence-electron chi connectivity index (χ4n) is 2.19. The van der Waals surface area contributed by atoms with E-state index in [0.717, 1.165) is 5.56 Å². The van der Waals surface area contributed by atoms with Crippen LogP contribution >= 0.6 is 0 Å².